The quantitative estimate of drug-likeness (QED) is 0.823. The number of hydrogen-bond acceptors (Lipinski definition) is 3. The smallest absolute Gasteiger partial charge is 0.144 e. The van der Waals surface area contributed by atoms with E-state index >= 15 is 0 Å². The average molecular weight is 254 g/mol. The van der Waals surface area contributed by atoms with Crippen molar-refractivity contribution in [3.05, 3.63) is 35.3 Å². The third-order valence-corrected chi connectivity index (χ3v) is 2.33. The van der Waals surface area contributed by atoms with Crippen molar-refractivity contribution >= 4 is 15.9 Å². The lowest BCUT2D eigenvalue weighted by atomic mass is 10.3. The highest BCUT2D eigenvalue weighted by Crippen LogP contribution is 2.26. The molecule has 0 aliphatic heterocycles. The molecule has 0 saturated carbocycles. The van der Waals surface area contributed by atoms with E-state index in [1.165, 1.54) is 0 Å². The maximum absolute atomic E-state index is 5.24. The second-order valence-corrected chi connectivity index (χ2v) is 3.60. The molecule has 1 heterocycles. The van der Waals surface area contributed by atoms with Gasteiger partial charge in [0.1, 0.15) is 18.4 Å². The predicted octanol–water partition coefficient (Wildman–Crippen LogP) is 2.04. The molecule has 0 spiro atoms. The first-order valence-corrected chi connectivity index (χ1v) is 4.79. The van der Waals surface area contributed by atoms with Crippen molar-refractivity contribution in [2.24, 2.45) is 0 Å². The van der Waals surface area contributed by atoms with E-state index in [9.17, 15) is 0 Å². The van der Waals surface area contributed by atoms with Gasteiger partial charge in [-0.05, 0) is 18.2 Å². The van der Waals surface area contributed by atoms with Crippen LogP contribution in [0.4, 0.5) is 0 Å². The number of ether oxygens (including phenoxy) is 1. The maximum atomic E-state index is 5.24. The number of rotatable bonds is 2. The Kier molecular flexibility index (Phi) is 2.49. The maximum Gasteiger partial charge on any atom is 0.144 e. The van der Waals surface area contributed by atoms with Gasteiger partial charge in [0.05, 0.1) is 12.8 Å². The monoisotopic (exact) mass is 253 g/mol. The largest absolute Gasteiger partial charge is 0.495 e. The Hall–Kier alpha value is -1.36. The second kappa shape index (κ2) is 3.79. The van der Waals surface area contributed by atoms with Gasteiger partial charge in [-0.1, -0.05) is 15.9 Å². The van der Waals surface area contributed by atoms with Gasteiger partial charge in [-0.15, -0.1) is 10.2 Å². The Labute approximate surface area is 89.7 Å². The van der Waals surface area contributed by atoms with E-state index in [1.54, 1.807) is 24.3 Å². The minimum atomic E-state index is 0.777. The van der Waals surface area contributed by atoms with Crippen LogP contribution in [0.2, 0.25) is 0 Å². The van der Waals surface area contributed by atoms with Crippen LogP contribution in [0.5, 0.6) is 5.75 Å². The number of aromatic nitrogens is 3. The summed E-state index contributed by atoms with van der Waals surface area (Å²) in [6.45, 7) is 0. The highest BCUT2D eigenvalue weighted by atomic mass is 79.9. The zero-order valence-corrected chi connectivity index (χ0v) is 9.10. The van der Waals surface area contributed by atoms with Crippen LogP contribution in [0.15, 0.2) is 35.3 Å². The summed E-state index contributed by atoms with van der Waals surface area (Å²) in [4.78, 5) is 0. The second-order valence-electron chi connectivity index (χ2n) is 2.69. The van der Waals surface area contributed by atoms with Crippen molar-refractivity contribution in [1.29, 1.82) is 0 Å². The van der Waals surface area contributed by atoms with Crippen molar-refractivity contribution in [3.8, 4) is 11.4 Å². The van der Waals surface area contributed by atoms with Crippen LogP contribution in [-0.4, -0.2) is 21.9 Å². The summed E-state index contributed by atoms with van der Waals surface area (Å²) >= 11 is 3.38. The van der Waals surface area contributed by atoms with E-state index in [-0.39, 0.29) is 0 Å². The molecule has 2 aromatic rings. The minimum Gasteiger partial charge on any atom is -0.495 e. The van der Waals surface area contributed by atoms with Crippen molar-refractivity contribution in [3.63, 3.8) is 0 Å². The normalized spacial score (nSPS) is 10.1. The van der Waals surface area contributed by atoms with Crippen LogP contribution >= 0.6 is 15.9 Å². The molecule has 0 fully saturated rings. The molecule has 0 bridgehead atoms. The van der Waals surface area contributed by atoms with Gasteiger partial charge in [0.15, 0.2) is 0 Å². The highest BCUT2D eigenvalue weighted by Gasteiger charge is 2.04. The molecule has 0 radical (unpaired) electrons. The van der Waals surface area contributed by atoms with Gasteiger partial charge in [-0.25, -0.2) is 0 Å². The van der Waals surface area contributed by atoms with Gasteiger partial charge < -0.3 is 4.74 Å². The summed E-state index contributed by atoms with van der Waals surface area (Å²) in [5.41, 5.74) is 0.917. The Balaban J connectivity index is 2.53. The molecule has 0 atom stereocenters. The van der Waals surface area contributed by atoms with Crippen LogP contribution in [-0.2, 0) is 0 Å². The number of hydrogen-bond donors (Lipinski definition) is 0. The Bertz CT molecular complexity index is 428. The van der Waals surface area contributed by atoms with Gasteiger partial charge in [0.25, 0.3) is 0 Å². The van der Waals surface area contributed by atoms with Crippen LogP contribution in [0, 0.1) is 0 Å². The van der Waals surface area contributed by atoms with Gasteiger partial charge in [0, 0.05) is 4.47 Å². The third-order valence-electron chi connectivity index (χ3n) is 1.84. The fourth-order valence-corrected chi connectivity index (χ4v) is 1.53. The first-order chi connectivity index (χ1) is 6.81. The lowest BCUT2D eigenvalue weighted by molar-refractivity contribution is 0.412. The molecule has 2 rings (SSSR count). The fraction of sp³-hybridized carbons (Fsp3) is 0.111. The van der Waals surface area contributed by atoms with Gasteiger partial charge in [-0.2, -0.15) is 0 Å². The van der Waals surface area contributed by atoms with E-state index in [0.717, 1.165) is 15.9 Å². The number of methoxy groups -OCH3 is 1. The van der Waals surface area contributed by atoms with E-state index in [2.05, 4.69) is 26.1 Å². The molecular formula is C9H8BrN3O. The SMILES string of the molecule is COc1cc(Br)ccc1-n1cnnc1. The first kappa shape index (κ1) is 9.21. The van der Waals surface area contributed by atoms with Gasteiger partial charge in [0.2, 0.25) is 0 Å². The molecule has 0 saturated heterocycles. The van der Waals surface area contributed by atoms with Crippen LogP contribution in [0.25, 0.3) is 5.69 Å². The van der Waals surface area contributed by atoms with Crippen molar-refractivity contribution in [2.45, 2.75) is 0 Å². The van der Waals surface area contributed by atoms with E-state index in [1.807, 2.05) is 18.2 Å². The molecular weight excluding hydrogens is 246 g/mol. The predicted molar refractivity (Wildman–Crippen MR) is 55.6 cm³/mol. The summed E-state index contributed by atoms with van der Waals surface area (Å²) in [6.07, 6.45) is 3.26. The molecule has 5 heteroatoms. The summed E-state index contributed by atoms with van der Waals surface area (Å²) in [5.74, 6) is 0.777. The fourth-order valence-electron chi connectivity index (χ4n) is 1.19. The van der Waals surface area contributed by atoms with Crippen LogP contribution in [0.3, 0.4) is 0 Å². The van der Waals surface area contributed by atoms with E-state index < -0.39 is 0 Å². The zero-order valence-electron chi connectivity index (χ0n) is 7.51. The minimum absolute atomic E-state index is 0.777. The molecule has 1 aromatic carbocycles. The Morgan fingerprint density at radius 2 is 2.00 bits per heavy atom. The standard InChI is InChI=1S/C9H8BrN3O/c1-14-9-4-7(10)2-3-8(9)13-5-11-12-6-13/h2-6H,1H3. The highest BCUT2D eigenvalue weighted by molar-refractivity contribution is 9.10. The van der Waals surface area contributed by atoms with Crippen molar-refractivity contribution in [2.75, 3.05) is 7.11 Å². The molecule has 0 N–H and O–H groups in total. The number of halogens is 1. The average Bonchev–Trinajstić information content (AvgIpc) is 2.70. The molecule has 1 aromatic heterocycles. The molecule has 72 valence electrons. The van der Waals surface area contributed by atoms with Crippen molar-refractivity contribution < 1.29 is 4.74 Å². The summed E-state index contributed by atoms with van der Waals surface area (Å²) in [5, 5.41) is 7.48. The summed E-state index contributed by atoms with van der Waals surface area (Å²) < 4.78 is 8.02. The Morgan fingerprint density at radius 3 is 2.64 bits per heavy atom. The van der Waals surface area contributed by atoms with Gasteiger partial charge in [-0.3, -0.25) is 4.57 Å². The first-order valence-electron chi connectivity index (χ1n) is 4.00. The molecule has 0 amide bonds. The molecule has 0 aliphatic rings. The summed E-state index contributed by atoms with van der Waals surface area (Å²) in [7, 11) is 1.63. The van der Waals surface area contributed by atoms with Gasteiger partial charge >= 0.3 is 0 Å². The van der Waals surface area contributed by atoms with E-state index in [0.29, 0.717) is 0 Å². The lowest BCUT2D eigenvalue weighted by Crippen LogP contribution is -1.95. The number of nitrogens with zero attached hydrogens (tertiary/aromatic N) is 3. The zero-order chi connectivity index (χ0) is 9.97. The van der Waals surface area contributed by atoms with E-state index in [4.69, 9.17) is 4.74 Å². The topological polar surface area (TPSA) is 39.9 Å². The van der Waals surface area contributed by atoms with Crippen LogP contribution in [0.1, 0.15) is 0 Å². The van der Waals surface area contributed by atoms with Crippen molar-refractivity contribution in [1.82, 2.24) is 14.8 Å². The lowest BCUT2D eigenvalue weighted by Gasteiger charge is -2.08. The number of benzene rings is 1. The third kappa shape index (κ3) is 1.63. The molecule has 4 nitrogen and oxygen atoms in total. The Morgan fingerprint density at radius 1 is 1.29 bits per heavy atom. The molecule has 14 heavy (non-hydrogen) atoms. The molecule has 0 unspecified atom stereocenters. The van der Waals surface area contributed by atoms with Crippen LogP contribution < -0.4 is 4.74 Å². The molecule has 0 aliphatic carbocycles. The summed E-state index contributed by atoms with van der Waals surface area (Å²) in [6, 6.07) is 5.78.